The third kappa shape index (κ3) is 3.07. The molecule has 1 aliphatic heterocycles. The largest absolute Gasteiger partial charge is 0.478 e. The van der Waals surface area contributed by atoms with Crippen LogP contribution in [-0.4, -0.2) is 29.1 Å². The maximum absolute atomic E-state index is 11.1. The monoisotopic (exact) mass is 233 g/mol. The van der Waals surface area contributed by atoms with Crippen LogP contribution < -0.4 is 0 Å². The van der Waals surface area contributed by atoms with Crippen molar-refractivity contribution in [2.24, 2.45) is 0 Å². The number of carbonyl (C=O) groups is 1. The second-order valence-electron chi connectivity index (χ2n) is 4.79. The molecule has 0 aromatic heterocycles. The highest BCUT2D eigenvalue weighted by molar-refractivity contribution is 5.89. The van der Waals surface area contributed by atoms with E-state index in [2.05, 4.69) is 4.90 Å². The van der Waals surface area contributed by atoms with Crippen LogP contribution in [0.3, 0.4) is 0 Å². The summed E-state index contributed by atoms with van der Waals surface area (Å²) in [4.78, 5) is 13.5. The molecule has 92 valence electrons. The molecule has 17 heavy (non-hydrogen) atoms. The molecule has 0 amide bonds. The van der Waals surface area contributed by atoms with E-state index in [1.165, 1.54) is 19.3 Å². The van der Waals surface area contributed by atoms with Crippen LogP contribution in [0.1, 0.15) is 40.7 Å². The topological polar surface area (TPSA) is 40.5 Å². The van der Waals surface area contributed by atoms with Crippen molar-refractivity contribution in [1.29, 1.82) is 0 Å². The first-order valence-electron chi connectivity index (χ1n) is 6.22. The lowest BCUT2D eigenvalue weighted by Gasteiger charge is -2.26. The highest BCUT2D eigenvalue weighted by atomic mass is 16.4. The van der Waals surface area contributed by atoms with Gasteiger partial charge < -0.3 is 5.11 Å². The summed E-state index contributed by atoms with van der Waals surface area (Å²) in [6.45, 7) is 4.99. The quantitative estimate of drug-likeness (QED) is 0.872. The molecule has 1 heterocycles. The number of hydrogen-bond acceptors (Lipinski definition) is 2. The van der Waals surface area contributed by atoms with E-state index < -0.39 is 5.97 Å². The summed E-state index contributed by atoms with van der Waals surface area (Å²) in [5, 5.41) is 9.08. The Labute approximate surface area is 102 Å². The third-order valence-corrected chi connectivity index (χ3v) is 3.39. The maximum Gasteiger partial charge on any atom is 0.335 e. The highest BCUT2D eigenvalue weighted by Crippen LogP contribution is 2.16. The molecule has 2 rings (SSSR count). The molecule has 3 nitrogen and oxygen atoms in total. The summed E-state index contributed by atoms with van der Waals surface area (Å²) in [5.41, 5.74) is 2.37. The predicted octanol–water partition coefficient (Wildman–Crippen LogP) is 2.68. The SMILES string of the molecule is Cc1ccc(CN2CCCCC2)cc1C(=O)O. The molecule has 0 radical (unpaired) electrons. The van der Waals surface area contributed by atoms with Crippen LogP contribution in [0.2, 0.25) is 0 Å². The zero-order chi connectivity index (χ0) is 12.3. The fourth-order valence-electron chi connectivity index (χ4n) is 2.37. The van der Waals surface area contributed by atoms with Crippen LogP contribution in [0.4, 0.5) is 0 Å². The highest BCUT2D eigenvalue weighted by Gasteiger charge is 2.12. The average Bonchev–Trinajstić information content (AvgIpc) is 2.32. The van der Waals surface area contributed by atoms with Gasteiger partial charge in [0.15, 0.2) is 0 Å². The Morgan fingerprint density at radius 1 is 1.29 bits per heavy atom. The molecule has 0 spiro atoms. The molecular weight excluding hydrogens is 214 g/mol. The van der Waals surface area contributed by atoms with Gasteiger partial charge in [-0.15, -0.1) is 0 Å². The standard InChI is InChI=1S/C14H19NO2/c1-11-5-6-12(9-13(11)14(16)17)10-15-7-3-2-4-8-15/h5-6,9H,2-4,7-8,10H2,1H3,(H,16,17). The first-order valence-corrected chi connectivity index (χ1v) is 6.22. The zero-order valence-corrected chi connectivity index (χ0v) is 10.3. The Morgan fingerprint density at radius 3 is 2.65 bits per heavy atom. The first kappa shape index (κ1) is 12.1. The van der Waals surface area contributed by atoms with Gasteiger partial charge in [-0.05, 0) is 50.0 Å². The van der Waals surface area contributed by atoms with Crippen LogP contribution in [-0.2, 0) is 6.54 Å². The number of aryl methyl sites for hydroxylation is 1. The number of rotatable bonds is 3. The van der Waals surface area contributed by atoms with Crippen LogP contribution >= 0.6 is 0 Å². The fourth-order valence-corrected chi connectivity index (χ4v) is 2.37. The second-order valence-corrected chi connectivity index (χ2v) is 4.79. The van der Waals surface area contributed by atoms with E-state index in [1.807, 2.05) is 25.1 Å². The molecule has 3 heteroatoms. The van der Waals surface area contributed by atoms with Gasteiger partial charge in [0.2, 0.25) is 0 Å². The van der Waals surface area contributed by atoms with Crippen molar-refractivity contribution in [3.8, 4) is 0 Å². The van der Waals surface area contributed by atoms with E-state index in [0.717, 1.165) is 30.8 Å². The van der Waals surface area contributed by atoms with Crippen molar-refractivity contribution in [2.75, 3.05) is 13.1 Å². The summed E-state index contributed by atoms with van der Waals surface area (Å²) in [6.07, 6.45) is 3.85. The number of benzene rings is 1. The van der Waals surface area contributed by atoms with Crippen LogP contribution in [0.15, 0.2) is 18.2 Å². The summed E-state index contributed by atoms with van der Waals surface area (Å²) in [6, 6.07) is 5.76. The molecule has 0 unspecified atom stereocenters. The van der Waals surface area contributed by atoms with Gasteiger partial charge in [-0.3, -0.25) is 4.90 Å². The minimum absolute atomic E-state index is 0.430. The predicted molar refractivity (Wildman–Crippen MR) is 67.3 cm³/mol. The summed E-state index contributed by atoms with van der Waals surface area (Å²) in [5.74, 6) is -0.831. The Hall–Kier alpha value is -1.35. The maximum atomic E-state index is 11.1. The molecule has 1 saturated heterocycles. The molecule has 1 aromatic carbocycles. The lowest BCUT2D eigenvalue weighted by molar-refractivity contribution is 0.0696. The normalized spacial score (nSPS) is 17.0. The Bertz CT molecular complexity index is 409. The molecular formula is C14H19NO2. The molecule has 0 aliphatic carbocycles. The lowest BCUT2D eigenvalue weighted by atomic mass is 10.0. The van der Waals surface area contributed by atoms with Gasteiger partial charge in [-0.1, -0.05) is 18.6 Å². The Morgan fingerprint density at radius 2 is 2.00 bits per heavy atom. The molecule has 1 fully saturated rings. The van der Waals surface area contributed by atoms with E-state index >= 15 is 0 Å². The summed E-state index contributed by atoms with van der Waals surface area (Å²) in [7, 11) is 0. The van der Waals surface area contributed by atoms with Crippen LogP contribution in [0, 0.1) is 6.92 Å². The Kier molecular flexibility index (Phi) is 3.79. The number of aromatic carboxylic acids is 1. The van der Waals surface area contributed by atoms with Gasteiger partial charge in [0.05, 0.1) is 5.56 Å². The van der Waals surface area contributed by atoms with Gasteiger partial charge in [0.1, 0.15) is 0 Å². The number of carboxylic acid groups (broad SMARTS) is 1. The van der Waals surface area contributed by atoms with Gasteiger partial charge in [0.25, 0.3) is 0 Å². The molecule has 1 N–H and O–H groups in total. The van der Waals surface area contributed by atoms with Crippen molar-refractivity contribution in [2.45, 2.75) is 32.7 Å². The average molecular weight is 233 g/mol. The molecule has 0 saturated carbocycles. The van der Waals surface area contributed by atoms with Crippen LogP contribution in [0.5, 0.6) is 0 Å². The Balaban J connectivity index is 2.10. The van der Waals surface area contributed by atoms with E-state index in [-0.39, 0.29) is 0 Å². The molecule has 1 aromatic rings. The summed E-state index contributed by atoms with van der Waals surface area (Å²) >= 11 is 0. The number of hydrogen-bond donors (Lipinski definition) is 1. The molecule has 1 aliphatic rings. The number of piperidine rings is 1. The van der Waals surface area contributed by atoms with Crippen molar-refractivity contribution < 1.29 is 9.90 Å². The zero-order valence-electron chi connectivity index (χ0n) is 10.3. The second kappa shape index (κ2) is 5.32. The van der Waals surface area contributed by atoms with Gasteiger partial charge in [-0.2, -0.15) is 0 Å². The van der Waals surface area contributed by atoms with Gasteiger partial charge >= 0.3 is 5.97 Å². The van der Waals surface area contributed by atoms with Gasteiger partial charge in [0, 0.05) is 6.54 Å². The molecule has 0 bridgehead atoms. The van der Waals surface area contributed by atoms with E-state index in [1.54, 1.807) is 0 Å². The minimum atomic E-state index is -0.831. The molecule has 0 atom stereocenters. The van der Waals surface area contributed by atoms with Crippen molar-refractivity contribution >= 4 is 5.97 Å². The van der Waals surface area contributed by atoms with E-state index in [4.69, 9.17) is 5.11 Å². The van der Waals surface area contributed by atoms with Gasteiger partial charge in [-0.25, -0.2) is 4.79 Å². The minimum Gasteiger partial charge on any atom is -0.478 e. The third-order valence-electron chi connectivity index (χ3n) is 3.39. The van der Waals surface area contributed by atoms with Crippen molar-refractivity contribution in [3.05, 3.63) is 34.9 Å². The summed E-state index contributed by atoms with van der Waals surface area (Å²) < 4.78 is 0. The number of likely N-dealkylation sites (tertiary alicyclic amines) is 1. The first-order chi connectivity index (χ1) is 8.16. The van der Waals surface area contributed by atoms with E-state index in [9.17, 15) is 4.79 Å². The number of carboxylic acids is 1. The number of nitrogens with zero attached hydrogens (tertiary/aromatic N) is 1. The van der Waals surface area contributed by atoms with E-state index in [0.29, 0.717) is 5.56 Å². The van der Waals surface area contributed by atoms with Crippen molar-refractivity contribution in [1.82, 2.24) is 4.90 Å². The fraction of sp³-hybridized carbons (Fsp3) is 0.500. The van der Waals surface area contributed by atoms with Crippen molar-refractivity contribution in [3.63, 3.8) is 0 Å². The lowest BCUT2D eigenvalue weighted by Crippen LogP contribution is -2.29. The van der Waals surface area contributed by atoms with Crippen LogP contribution in [0.25, 0.3) is 0 Å². The smallest absolute Gasteiger partial charge is 0.335 e.